The molecule has 2 rings (SSSR count). The quantitative estimate of drug-likeness (QED) is 0.855. The number of benzene rings is 1. The first kappa shape index (κ1) is 15.6. The summed E-state index contributed by atoms with van der Waals surface area (Å²) in [4.78, 5) is 11.7. The second kappa shape index (κ2) is 7.89. The van der Waals surface area contributed by atoms with Crippen LogP contribution >= 0.6 is 27.5 Å². The van der Waals surface area contributed by atoms with Gasteiger partial charge < -0.3 is 10.1 Å². The highest BCUT2D eigenvalue weighted by atomic mass is 79.9. The van der Waals surface area contributed by atoms with E-state index in [9.17, 15) is 4.79 Å². The fourth-order valence-electron chi connectivity index (χ4n) is 2.44. The number of nitrogens with one attached hydrogen (secondary N) is 1. The number of hydrogen-bond acceptors (Lipinski definition) is 2. The highest BCUT2D eigenvalue weighted by Crippen LogP contribution is 2.27. The first-order valence-electron chi connectivity index (χ1n) is 6.99. The molecule has 1 saturated carbocycles. The molecule has 1 fully saturated rings. The van der Waals surface area contributed by atoms with Gasteiger partial charge in [-0.25, -0.2) is 0 Å². The van der Waals surface area contributed by atoms with Crippen LogP contribution in [0, 0.1) is 5.92 Å². The summed E-state index contributed by atoms with van der Waals surface area (Å²) in [7, 11) is 0. The predicted molar refractivity (Wildman–Crippen MR) is 84.2 cm³/mol. The van der Waals surface area contributed by atoms with Gasteiger partial charge in [-0.15, -0.1) is 0 Å². The fourth-order valence-corrected chi connectivity index (χ4v) is 3.16. The van der Waals surface area contributed by atoms with E-state index in [0.717, 1.165) is 11.0 Å². The Bertz CT molecular complexity index is 461. The number of ether oxygens (including phenoxy) is 1. The van der Waals surface area contributed by atoms with Crippen LogP contribution in [0.1, 0.15) is 32.1 Å². The zero-order valence-electron chi connectivity index (χ0n) is 11.3. The van der Waals surface area contributed by atoms with E-state index in [2.05, 4.69) is 21.2 Å². The smallest absolute Gasteiger partial charge is 0.257 e. The molecule has 0 unspecified atom stereocenters. The van der Waals surface area contributed by atoms with Gasteiger partial charge in [-0.3, -0.25) is 4.79 Å². The minimum Gasteiger partial charge on any atom is -0.482 e. The molecule has 0 aromatic heterocycles. The molecule has 110 valence electrons. The molecule has 0 saturated heterocycles. The largest absolute Gasteiger partial charge is 0.482 e. The van der Waals surface area contributed by atoms with Gasteiger partial charge in [0.25, 0.3) is 5.91 Å². The molecule has 1 aromatic carbocycles. The third kappa shape index (κ3) is 4.98. The van der Waals surface area contributed by atoms with Gasteiger partial charge in [-0.05, 0) is 37.0 Å². The summed E-state index contributed by atoms with van der Waals surface area (Å²) in [5.41, 5.74) is 0. The topological polar surface area (TPSA) is 38.3 Å². The first-order valence-corrected chi connectivity index (χ1v) is 8.17. The molecule has 1 amide bonds. The highest BCUT2D eigenvalue weighted by Gasteiger charge is 2.14. The van der Waals surface area contributed by atoms with Crippen LogP contribution in [0.4, 0.5) is 0 Å². The molecule has 1 aliphatic rings. The van der Waals surface area contributed by atoms with Crippen molar-refractivity contribution in [3.8, 4) is 5.75 Å². The van der Waals surface area contributed by atoms with Gasteiger partial charge in [-0.1, -0.05) is 46.8 Å². The molecule has 20 heavy (non-hydrogen) atoms. The Morgan fingerprint density at radius 3 is 2.80 bits per heavy atom. The van der Waals surface area contributed by atoms with Crippen LogP contribution in [0.5, 0.6) is 5.75 Å². The van der Waals surface area contributed by atoms with Crippen LogP contribution in [0.15, 0.2) is 22.7 Å². The van der Waals surface area contributed by atoms with E-state index >= 15 is 0 Å². The summed E-state index contributed by atoms with van der Waals surface area (Å²) < 4.78 is 6.31. The molecule has 1 N–H and O–H groups in total. The second-order valence-electron chi connectivity index (χ2n) is 5.17. The van der Waals surface area contributed by atoms with Crippen molar-refractivity contribution in [2.45, 2.75) is 32.1 Å². The average Bonchev–Trinajstić information content (AvgIpc) is 2.45. The number of carbonyl (C=O) groups is 1. The van der Waals surface area contributed by atoms with Crippen LogP contribution in [0.2, 0.25) is 5.02 Å². The minimum atomic E-state index is -0.0884. The van der Waals surface area contributed by atoms with Gasteiger partial charge in [0.15, 0.2) is 6.61 Å². The van der Waals surface area contributed by atoms with E-state index in [1.807, 2.05) is 6.07 Å². The molecular weight excluding hydrogens is 342 g/mol. The Hall–Kier alpha value is -0.740. The second-order valence-corrected chi connectivity index (χ2v) is 6.49. The van der Waals surface area contributed by atoms with Gasteiger partial charge in [0.2, 0.25) is 0 Å². The summed E-state index contributed by atoms with van der Waals surface area (Å²) in [5.74, 6) is 1.07. The number of rotatable bonds is 5. The zero-order valence-corrected chi connectivity index (χ0v) is 13.7. The van der Waals surface area contributed by atoms with E-state index in [1.165, 1.54) is 32.1 Å². The third-order valence-corrected chi connectivity index (χ3v) is 4.35. The number of carbonyl (C=O) groups excluding carboxylic acids is 1. The Morgan fingerprint density at radius 1 is 1.35 bits per heavy atom. The molecule has 0 radical (unpaired) electrons. The molecule has 0 bridgehead atoms. The minimum absolute atomic E-state index is 0.00801. The maximum atomic E-state index is 11.7. The van der Waals surface area contributed by atoms with Crippen molar-refractivity contribution in [1.82, 2.24) is 5.32 Å². The molecule has 1 aliphatic carbocycles. The SMILES string of the molecule is O=C(COc1ccc(Br)cc1Cl)NCC1CCCCC1. The van der Waals surface area contributed by atoms with Crippen molar-refractivity contribution in [1.29, 1.82) is 0 Å². The van der Waals surface area contributed by atoms with Crippen molar-refractivity contribution in [3.63, 3.8) is 0 Å². The first-order chi connectivity index (χ1) is 9.65. The van der Waals surface area contributed by atoms with Crippen LogP contribution in [0.3, 0.4) is 0 Å². The normalized spacial score (nSPS) is 15.9. The maximum absolute atomic E-state index is 11.7. The van der Waals surface area contributed by atoms with E-state index < -0.39 is 0 Å². The third-order valence-electron chi connectivity index (χ3n) is 3.57. The van der Waals surface area contributed by atoms with Gasteiger partial charge >= 0.3 is 0 Å². The Morgan fingerprint density at radius 2 is 2.10 bits per heavy atom. The van der Waals surface area contributed by atoms with Crippen molar-refractivity contribution >= 4 is 33.4 Å². The average molecular weight is 361 g/mol. The van der Waals surface area contributed by atoms with Crippen LogP contribution in [-0.2, 0) is 4.79 Å². The highest BCUT2D eigenvalue weighted by molar-refractivity contribution is 9.10. The standard InChI is InChI=1S/C15H19BrClNO2/c16-12-6-7-14(13(17)8-12)20-10-15(19)18-9-11-4-2-1-3-5-11/h6-8,11H,1-5,9-10H2,(H,18,19). The van der Waals surface area contributed by atoms with E-state index in [-0.39, 0.29) is 12.5 Å². The van der Waals surface area contributed by atoms with Crippen molar-refractivity contribution in [2.75, 3.05) is 13.2 Å². The summed E-state index contributed by atoms with van der Waals surface area (Å²) in [6.45, 7) is 0.768. The molecule has 3 nitrogen and oxygen atoms in total. The van der Waals surface area contributed by atoms with Crippen LogP contribution < -0.4 is 10.1 Å². The fraction of sp³-hybridized carbons (Fsp3) is 0.533. The zero-order chi connectivity index (χ0) is 14.4. The summed E-state index contributed by atoms with van der Waals surface area (Å²) >= 11 is 9.35. The van der Waals surface area contributed by atoms with Gasteiger partial charge in [0, 0.05) is 11.0 Å². The van der Waals surface area contributed by atoms with E-state index in [4.69, 9.17) is 16.3 Å². The van der Waals surface area contributed by atoms with Gasteiger partial charge in [0.05, 0.1) is 5.02 Å². The van der Waals surface area contributed by atoms with Crippen LogP contribution in [-0.4, -0.2) is 19.1 Å². The summed E-state index contributed by atoms with van der Waals surface area (Å²) in [5, 5.41) is 3.44. The molecule has 0 aliphatic heterocycles. The van der Waals surface area contributed by atoms with E-state index in [1.54, 1.807) is 12.1 Å². The molecular formula is C15H19BrClNO2. The summed E-state index contributed by atoms with van der Waals surface area (Å²) in [6, 6.07) is 5.33. The monoisotopic (exact) mass is 359 g/mol. The lowest BCUT2D eigenvalue weighted by atomic mass is 9.89. The molecule has 0 atom stereocenters. The number of hydrogen-bond donors (Lipinski definition) is 1. The van der Waals surface area contributed by atoms with Crippen molar-refractivity contribution in [3.05, 3.63) is 27.7 Å². The Balaban J connectivity index is 1.71. The molecule has 0 heterocycles. The summed E-state index contributed by atoms with van der Waals surface area (Å²) in [6.07, 6.45) is 6.34. The molecule has 0 spiro atoms. The Labute approximate surface area is 133 Å². The number of amides is 1. The lowest BCUT2D eigenvalue weighted by Crippen LogP contribution is -2.33. The van der Waals surface area contributed by atoms with E-state index in [0.29, 0.717) is 16.7 Å². The van der Waals surface area contributed by atoms with Gasteiger partial charge in [-0.2, -0.15) is 0 Å². The number of halogens is 2. The van der Waals surface area contributed by atoms with Crippen LogP contribution in [0.25, 0.3) is 0 Å². The predicted octanol–water partition coefficient (Wildman–Crippen LogP) is 4.18. The van der Waals surface area contributed by atoms with Gasteiger partial charge in [0.1, 0.15) is 5.75 Å². The Kier molecular flexibility index (Phi) is 6.17. The lowest BCUT2D eigenvalue weighted by Gasteiger charge is -2.21. The van der Waals surface area contributed by atoms with Crippen molar-refractivity contribution in [2.24, 2.45) is 5.92 Å². The molecule has 1 aromatic rings. The lowest BCUT2D eigenvalue weighted by molar-refractivity contribution is -0.123. The maximum Gasteiger partial charge on any atom is 0.257 e. The van der Waals surface area contributed by atoms with Crippen molar-refractivity contribution < 1.29 is 9.53 Å². The molecule has 5 heteroatoms.